The molecule has 0 aliphatic carbocycles. The topological polar surface area (TPSA) is 77.1 Å². The highest BCUT2D eigenvalue weighted by atomic mass is 16.2. The first-order chi connectivity index (χ1) is 11.0. The van der Waals surface area contributed by atoms with E-state index in [4.69, 9.17) is 5.73 Å². The zero-order valence-corrected chi connectivity index (χ0v) is 12.7. The quantitative estimate of drug-likeness (QED) is 0.777. The van der Waals surface area contributed by atoms with Crippen LogP contribution in [0.5, 0.6) is 0 Å². The third-order valence-corrected chi connectivity index (χ3v) is 3.75. The molecule has 0 saturated carbocycles. The van der Waals surface area contributed by atoms with Gasteiger partial charge in [-0.1, -0.05) is 24.3 Å². The Kier molecular flexibility index (Phi) is 3.85. The maximum absolute atomic E-state index is 12.3. The van der Waals surface area contributed by atoms with Gasteiger partial charge in [-0.3, -0.25) is 9.59 Å². The van der Waals surface area contributed by atoms with E-state index < -0.39 is 5.91 Å². The zero-order valence-electron chi connectivity index (χ0n) is 12.7. The fourth-order valence-corrected chi connectivity index (χ4v) is 2.65. The lowest BCUT2D eigenvalue weighted by Crippen LogP contribution is -2.20. The number of hydrogen-bond acceptors (Lipinski definition) is 2. The molecule has 0 fully saturated rings. The summed E-state index contributed by atoms with van der Waals surface area (Å²) in [4.78, 5) is 23.5. The predicted molar refractivity (Wildman–Crippen MR) is 90.3 cm³/mol. The largest absolute Gasteiger partial charge is 0.366 e. The number of anilines is 1. The Bertz CT molecular complexity index is 896. The van der Waals surface area contributed by atoms with Crippen molar-refractivity contribution in [1.82, 2.24) is 4.57 Å². The Morgan fingerprint density at radius 1 is 1.09 bits per heavy atom. The molecule has 5 nitrogen and oxygen atoms in total. The van der Waals surface area contributed by atoms with Crippen molar-refractivity contribution in [1.29, 1.82) is 0 Å². The molecule has 3 N–H and O–H groups in total. The van der Waals surface area contributed by atoms with Crippen molar-refractivity contribution in [3.8, 4) is 0 Å². The lowest BCUT2D eigenvalue weighted by atomic mass is 10.2. The molecule has 2 amide bonds. The molecule has 0 aliphatic rings. The Morgan fingerprint density at radius 2 is 1.87 bits per heavy atom. The molecular formula is C18H17N3O2. The molecule has 3 rings (SSSR count). The van der Waals surface area contributed by atoms with Crippen LogP contribution in [0.3, 0.4) is 0 Å². The van der Waals surface area contributed by atoms with Crippen molar-refractivity contribution >= 4 is 28.4 Å². The van der Waals surface area contributed by atoms with Crippen LogP contribution in [0.25, 0.3) is 10.9 Å². The number of nitrogens with one attached hydrogen (secondary N) is 1. The van der Waals surface area contributed by atoms with E-state index in [1.165, 1.54) is 0 Å². The first kappa shape index (κ1) is 14.8. The average Bonchev–Trinajstić information content (AvgIpc) is 2.83. The van der Waals surface area contributed by atoms with Gasteiger partial charge in [0.25, 0.3) is 0 Å². The second kappa shape index (κ2) is 5.96. The molecule has 0 aliphatic heterocycles. The highest BCUT2D eigenvalue weighted by Gasteiger charge is 2.10. The lowest BCUT2D eigenvalue weighted by molar-refractivity contribution is -0.116. The Hall–Kier alpha value is -3.08. The molecule has 1 heterocycles. The first-order valence-corrected chi connectivity index (χ1v) is 7.29. The monoisotopic (exact) mass is 307 g/mol. The molecule has 116 valence electrons. The fraction of sp³-hybridized carbons (Fsp3) is 0.111. The van der Waals surface area contributed by atoms with E-state index in [0.717, 1.165) is 16.6 Å². The molecule has 1 aromatic heterocycles. The van der Waals surface area contributed by atoms with E-state index in [1.54, 1.807) is 24.3 Å². The van der Waals surface area contributed by atoms with Crippen LogP contribution >= 0.6 is 0 Å². The van der Waals surface area contributed by atoms with Gasteiger partial charge in [0, 0.05) is 22.5 Å². The average molecular weight is 307 g/mol. The SMILES string of the molecule is Cc1cc2ccccc2n1CC(=O)Nc1cccc(C(N)=O)c1. The van der Waals surface area contributed by atoms with Crippen LogP contribution in [-0.2, 0) is 11.3 Å². The van der Waals surface area contributed by atoms with Crippen LogP contribution in [0.15, 0.2) is 54.6 Å². The summed E-state index contributed by atoms with van der Waals surface area (Å²) in [5.41, 5.74) is 8.21. The van der Waals surface area contributed by atoms with Gasteiger partial charge in [-0.15, -0.1) is 0 Å². The summed E-state index contributed by atoms with van der Waals surface area (Å²) < 4.78 is 1.96. The maximum atomic E-state index is 12.3. The van der Waals surface area contributed by atoms with Gasteiger partial charge in [0.05, 0.1) is 0 Å². The lowest BCUT2D eigenvalue weighted by Gasteiger charge is -2.10. The molecule has 0 spiro atoms. The summed E-state index contributed by atoms with van der Waals surface area (Å²) >= 11 is 0. The standard InChI is InChI=1S/C18H17N3O2/c1-12-9-13-5-2-3-8-16(13)21(12)11-17(22)20-15-7-4-6-14(10-15)18(19)23/h2-10H,11H2,1H3,(H2,19,23)(H,20,22). The fourth-order valence-electron chi connectivity index (χ4n) is 2.65. The molecule has 0 saturated heterocycles. The number of primary amides is 1. The molecule has 5 heteroatoms. The summed E-state index contributed by atoms with van der Waals surface area (Å²) in [6, 6.07) is 16.6. The highest BCUT2D eigenvalue weighted by molar-refractivity contribution is 5.96. The van der Waals surface area contributed by atoms with Gasteiger partial charge in [-0.2, -0.15) is 0 Å². The second-order valence-electron chi connectivity index (χ2n) is 5.42. The van der Waals surface area contributed by atoms with E-state index >= 15 is 0 Å². The minimum absolute atomic E-state index is 0.156. The summed E-state index contributed by atoms with van der Waals surface area (Å²) in [5.74, 6) is -0.676. The predicted octanol–water partition coefficient (Wildman–Crippen LogP) is 2.69. The van der Waals surface area contributed by atoms with Crippen LogP contribution < -0.4 is 11.1 Å². The van der Waals surface area contributed by atoms with Crippen LogP contribution in [0.1, 0.15) is 16.1 Å². The van der Waals surface area contributed by atoms with Crippen molar-refractivity contribution in [2.24, 2.45) is 5.73 Å². The number of nitrogens with zero attached hydrogens (tertiary/aromatic N) is 1. The van der Waals surface area contributed by atoms with E-state index in [-0.39, 0.29) is 12.5 Å². The Morgan fingerprint density at radius 3 is 2.65 bits per heavy atom. The van der Waals surface area contributed by atoms with Crippen LogP contribution in [0.4, 0.5) is 5.69 Å². The molecule has 2 aromatic carbocycles. The number of aromatic nitrogens is 1. The van der Waals surface area contributed by atoms with Gasteiger partial charge in [0.2, 0.25) is 11.8 Å². The van der Waals surface area contributed by atoms with Gasteiger partial charge >= 0.3 is 0 Å². The second-order valence-corrected chi connectivity index (χ2v) is 5.42. The van der Waals surface area contributed by atoms with E-state index in [0.29, 0.717) is 11.3 Å². The number of hydrogen-bond donors (Lipinski definition) is 2. The summed E-state index contributed by atoms with van der Waals surface area (Å²) in [5, 5.41) is 3.90. The maximum Gasteiger partial charge on any atom is 0.248 e. The number of fused-ring (bicyclic) bond motifs is 1. The molecule has 0 unspecified atom stereocenters. The number of nitrogens with two attached hydrogens (primary N) is 1. The number of para-hydroxylation sites is 1. The van der Waals surface area contributed by atoms with Gasteiger partial charge in [-0.05, 0) is 42.6 Å². The van der Waals surface area contributed by atoms with Crippen molar-refractivity contribution < 1.29 is 9.59 Å². The molecule has 0 radical (unpaired) electrons. The van der Waals surface area contributed by atoms with Crippen LogP contribution in [-0.4, -0.2) is 16.4 Å². The third-order valence-electron chi connectivity index (χ3n) is 3.75. The molecule has 0 bridgehead atoms. The van der Waals surface area contributed by atoms with Crippen molar-refractivity contribution in [3.63, 3.8) is 0 Å². The molecule has 3 aromatic rings. The minimum Gasteiger partial charge on any atom is -0.366 e. The van der Waals surface area contributed by atoms with Crippen LogP contribution in [0.2, 0.25) is 0 Å². The van der Waals surface area contributed by atoms with Crippen molar-refractivity contribution in [3.05, 3.63) is 65.9 Å². The zero-order chi connectivity index (χ0) is 16.4. The van der Waals surface area contributed by atoms with Gasteiger partial charge in [0.15, 0.2) is 0 Å². The van der Waals surface area contributed by atoms with E-state index in [9.17, 15) is 9.59 Å². The number of amides is 2. The summed E-state index contributed by atoms with van der Waals surface area (Å²) in [6.07, 6.45) is 0. The highest BCUT2D eigenvalue weighted by Crippen LogP contribution is 2.19. The number of carbonyl (C=O) groups excluding carboxylic acids is 2. The van der Waals surface area contributed by atoms with Gasteiger partial charge < -0.3 is 15.6 Å². The summed E-state index contributed by atoms with van der Waals surface area (Å²) in [6.45, 7) is 2.18. The number of rotatable bonds is 4. The first-order valence-electron chi connectivity index (χ1n) is 7.29. The number of carbonyl (C=O) groups is 2. The Labute approximate surface area is 133 Å². The minimum atomic E-state index is -0.520. The van der Waals surface area contributed by atoms with Crippen molar-refractivity contribution in [2.45, 2.75) is 13.5 Å². The summed E-state index contributed by atoms with van der Waals surface area (Å²) in [7, 11) is 0. The van der Waals surface area contributed by atoms with Crippen molar-refractivity contribution in [2.75, 3.05) is 5.32 Å². The third kappa shape index (κ3) is 3.08. The van der Waals surface area contributed by atoms with E-state index in [2.05, 4.69) is 11.4 Å². The molecule has 0 atom stereocenters. The Balaban J connectivity index is 1.80. The smallest absolute Gasteiger partial charge is 0.248 e. The van der Waals surface area contributed by atoms with Gasteiger partial charge in [0.1, 0.15) is 6.54 Å². The normalized spacial score (nSPS) is 10.7. The molecular weight excluding hydrogens is 290 g/mol. The number of benzene rings is 2. The molecule has 23 heavy (non-hydrogen) atoms. The van der Waals surface area contributed by atoms with Gasteiger partial charge in [-0.25, -0.2) is 0 Å². The number of aryl methyl sites for hydroxylation is 1. The van der Waals surface area contributed by atoms with E-state index in [1.807, 2.05) is 35.8 Å². The van der Waals surface area contributed by atoms with Crippen LogP contribution in [0, 0.1) is 6.92 Å².